The molecule has 3 aromatic rings. The average molecular weight is 405 g/mol. The van der Waals surface area contributed by atoms with Crippen LogP contribution in [0.2, 0.25) is 5.02 Å². The second kappa shape index (κ2) is 7.99. The summed E-state index contributed by atoms with van der Waals surface area (Å²) in [7, 11) is 1.81. The van der Waals surface area contributed by atoms with E-state index in [0.29, 0.717) is 0 Å². The van der Waals surface area contributed by atoms with Gasteiger partial charge >= 0.3 is 0 Å². The van der Waals surface area contributed by atoms with E-state index in [2.05, 4.69) is 10.3 Å². The Balaban J connectivity index is 1.69. The van der Waals surface area contributed by atoms with Gasteiger partial charge in [0.15, 0.2) is 0 Å². The van der Waals surface area contributed by atoms with Crippen LogP contribution in [0.5, 0.6) is 0 Å². The third kappa shape index (κ3) is 4.41. The molecular formula is C18H17ClN4O3S. The molecule has 0 unspecified atom stereocenters. The summed E-state index contributed by atoms with van der Waals surface area (Å²) in [5.41, 5.74) is 0.812. The van der Waals surface area contributed by atoms with Crippen LogP contribution in [0.1, 0.15) is 18.0 Å². The molecule has 0 aliphatic heterocycles. The molecule has 140 valence electrons. The Morgan fingerprint density at radius 1 is 1.37 bits per heavy atom. The number of nitrogens with zero attached hydrogens (tertiary/aromatic N) is 3. The number of nitro groups is 1. The Hall–Kier alpha value is -2.55. The second-order valence-corrected chi connectivity index (χ2v) is 7.58. The number of carbonyl (C=O) groups is 1. The van der Waals surface area contributed by atoms with Gasteiger partial charge in [-0.05, 0) is 38.2 Å². The highest BCUT2D eigenvalue weighted by atomic mass is 35.5. The van der Waals surface area contributed by atoms with E-state index >= 15 is 0 Å². The van der Waals surface area contributed by atoms with Crippen molar-refractivity contribution in [2.75, 3.05) is 18.9 Å². The molecule has 1 heterocycles. The normalized spacial score (nSPS) is 12.3. The maximum absolute atomic E-state index is 12.4. The molecule has 0 saturated heterocycles. The monoisotopic (exact) mass is 404 g/mol. The van der Waals surface area contributed by atoms with Gasteiger partial charge in [-0.1, -0.05) is 23.7 Å². The first kappa shape index (κ1) is 19.2. The predicted molar refractivity (Wildman–Crippen MR) is 107 cm³/mol. The van der Waals surface area contributed by atoms with E-state index in [1.807, 2.05) is 43.1 Å². The lowest BCUT2D eigenvalue weighted by atomic mass is 10.2. The molecule has 0 aliphatic rings. The standard InChI is InChI=1S/C18H17ClN4O3S/c1-11(18-21-14-5-3-4-6-16(14)27-18)22(2)10-17(24)20-13-8-7-12(19)9-15(13)23(25)26/h3-9,11H,10H2,1-2H3,(H,20,24)/t11-/m0/s1. The Bertz CT molecular complexity index is 974. The van der Waals surface area contributed by atoms with Crippen molar-refractivity contribution in [3.05, 3.63) is 62.6 Å². The van der Waals surface area contributed by atoms with Crippen LogP contribution in [0.25, 0.3) is 10.2 Å². The van der Waals surface area contributed by atoms with Gasteiger partial charge in [0.25, 0.3) is 5.69 Å². The maximum Gasteiger partial charge on any atom is 0.294 e. The molecule has 1 amide bonds. The molecule has 9 heteroatoms. The van der Waals surface area contributed by atoms with Gasteiger partial charge in [-0.2, -0.15) is 0 Å². The summed E-state index contributed by atoms with van der Waals surface area (Å²) in [6, 6.07) is 11.9. The number of nitrogens with one attached hydrogen (secondary N) is 1. The molecular weight excluding hydrogens is 388 g/mol. The Kier molecular flexibility index (Phi) is 5.69. The first-order valence-corrected chi connectivity index (χ1v) is 9.34. The lowest BCUT2D eigenvalue weighted by Gasteiger charge is -2.22. The van der Waals surface area contributed by atoms with Crippen LogP contribution in [0.15, 0.2) is 42.5 Å². The zero-order valence-electron chi connectivity index (χ0n) is 14.7. The van der Waals surface area contributed by atoms with Crippen molar-refractivity contribution in [3.63, 3.8) is 0 Å². The number of benzene rings is 2. The summed E-state index contributed by atoms with van der Waals surface area (Å²) in [5, 5.41) is 14.9. The largest absolute Gasteiger partial charge is 0.319 e. The van der Waals surface area contributed by atoms with Crippen molar-refractivity contribution in [1.82, 2.24) is 9.88 Å². The van der Waals surface area contributed by atoms with Crippen LogP contribution in [-0.4, -0.2) is 34.3 Å². The fourth-order valence-electron chi connectivity index (χ4n) is 2.57. The number of likely N-dealkylation sites (N-methyl/N-ethyl adjacent to an activating group) is 1. The summed E-state index contributed by atoms with van der Waals surface area (Å²) in [4.78, 5) is 29.4. The molecule has 0 radical (unpaired) electrons. The predicted octanol–water partition coefficient (Wildman–Crippen LogP) is 4.49. The molecule has 7 nitrogen and oxygen atoms in total. The Morgan fingerprint density at radius 3 is 2.81 bits per heavy atom. The quantitative estimate of drug-likeness (QED) is 0.483. The van der Waals surface area contributed by atoms with Crippen molar-refractivity contribution in [3.8, 4) is 0 Å². The van der Waals surface area contributed by atoms with Gasteiger partial charge in [0, 0.05) is 11.1 Å². The third-order valence-corrected chi connectivity index (χ3v) is 5.59. The molecule has 1 N–H and O–H groups in total. The van der Waals surface area contributed by atoms with Crippen molar-refractivity contribution in [2.45, 2.75) is 13.0 Å². The van der Waals surface area contributed by atoms with Gasteiger partial charge in [0.1, 0.15) is 10.7 Å². The third-order valence-electron chi connectivity index (χ3n) is 4.15. The van der Waals surface area contributed by atoms with Crippen molar-refractivity contribution < 1.29 is 9.72 Å². The van der Waals surface area contributed by atoms with Crippen LogP contribution < -0.4 is 5.32 Å². The van der Waals surface area contributed by atoms with Crippen molar-refractivity contribution in [1.29, 1.82) is 0 Å². The number of nitro benzene ring substituents is 1. The van der Waals surface area contributed by atoms with Crippen molar-refractivity contribution in [2.24, 2.45) is 0 Å². The second-order valence-electron chi connectivity index (χ2n) is 6.08. The molecule has 0 spiro atoms. The van der Waals surface area contributed by atoms with E-state index in [-0.39, 0.29) is 34.9 Å². The van der Waals surface area contributed by atoms with Gasteiger partial charge in [0.2, 0.25) is 5.91 Å². The maximum atomic E-state index is 12.4. The summed E-state index contributed by atoms with van der Waals surface area (Å²) >= 11 is 7.38. The van der Waals surface area contributed by atoms with Crippen LogP contribution in [0.3, 0.4) is 0 Å². The molecule has 0 aliphatic carbocycles. The molecule has 0 fully saturated rings. The number of rotatable bonds is 6. The van der Waals surface area contributed by atoms with E-state index in [1.165, 1.54) is 18.2 Å². The van der Waals surface area contributed by atoms with Gasteiger partial charge < -0.3 is 5.32 Å². The number of halogens is 1. The lowest BCUT2D eigenvalue weighted by molar-refractivity contribution is -0.383. The number of carbonyl (C=O) groups excluding carboxylic acids is 1. The summed E-state index contributed by atoms with van der Waals surface area (Å²) < 4.78 is 1.09. The smallest absolute Gasteiger partial charge is 0.294 e. The van der Waals surface area contributed by atoms with Crippen molar-refractivity contribution >= 4 is 50.4 Å². The number of aromatic nitrogens is 1. The topological polar surface area (TPSA) is 88.4 Å². The van der Waals surface area contributed by atoms with Crippen LogP contribution in [0, 0.1) is 10.1 Å². The first-order chi connectivity index (χ1) is 12.8. The minimum Gasteiger partial charge on any atom is -0.319 e. The van der Waals surface area contributed by atoms with Gasteiger partial charge in [-0.3, -0.25) is 19.8 Å². The van der Waals surface area contributed by atoms with Crippen LogP contribution in [-0.2, 0) is 4.79 Å². The minimum absolute atomic E-state index is 0.0663. The number of fused-ring (bicyclic) bond motifs is 1. The number of hydrogen-bond acceptors (Lipinski definition) is 6. The molecule has 27 heavy (non-hydrogen) atoms. The number of anilines is 1. The SMILES string of the molecule is C[C@@H](c1nc2ccccc2s1)N(C)CC(=O)Nc1ccc(Cl)cc1[N+](=O)[O-]. The van der Waals surface area contributed by atoms with E-state index in [0.717, 1.165) is 15.2 Å². The molecule has 1 aromatic heterocycles. The number of amides is 1. The fourth-order valence-corrected chi connectivity index (χ4v) is 3.82. The molecule has 0 bridgehead atoms. The highest BCUT2D eigenvalue weighted by molar-refractivity contribution is 7.18. The summed E-state index contributed by atoms with van der Waals surface area (Å²) in [6.07, 6.45) is 0. The molecule has 2 aromatic carbocycles. The molecule has 1 atom stereocenters. The zero-order valence-corrected chi connectivity index (χ0v) is 16.3. The van der Waals surface area contributed by atoms with Gasteiger partial charge in [-0.25, -0.2) is 4.98 Å². The summed E-state index contributed by atoms with van der Waals surface area (Å²) in [6.45, 7) is 2.03. The number of thiazole rings is 1. The van der Waals surface area contributed by atoms with E-state index in [9.17, 15) is 14.9 Å². The van der Waals surface area contributed by atoms with Gasteiger partial charge in [0.05, 0.1) is 27.7 Å². The highest BCUT2D eigenvalue weighted by Crippen LogP contribution is 2.30. The lowest BCUT2D eigenvalue weighted by Crippen LogP contribution is -2.32. The molecule has 0 saturated carbocycles. The average Bonchev–Trinajstić information content (AvgIpc) is 3.06. The number of para-hydroxylation sites is 1. The van der Waals surface area contributed by atoms with E-state index < -0.39 is 4.92 Å². The summed E-state index contributed by atoms with van der Waals surface area (Å²) in [5.74, 6) is -0.351. The van der Waals surface area contributed by atoms with E-state index in [1.54, 1.807) is 11.3 Å². The fraction of sp³-hybridized carbons (Fsp3) is 0.222. The van der Waals surface area contributed by atoms with E-state index in [4.69, 9.17) is 11.6 Å². The Labute approximate surface area is 164 Å². The highest BCUT2D eigenvalue weighted by Gasteiger charge is 2.21. The van der Waals surface area contributed by atoms with Gasteiger partial charge in [-0.15, -0.1) is 11.3 Å². The zero-order chi connectivity index (χ0) is 19.6. The minimum atomic E-state index is -0.574. The molecule has 3 rings (SSSR count). The number of hydrogen-bond donors (Lipinski definition) is 1. The first-order valence-electron chi connectivity index (χ1n) is 8.14. The van der Waals surface area contributed by atoms with Crippen LogP contribution >= 0.6 is 22.9 Å². The van der Waals surface area contributed by atoms with Crippen LogP contribution in [0.4, 0.5) is 11.4 Å². The Morgan fingerprint density at radius 2 is 2.11 bits per heavy atom.